The zero-order valence-corrected chi connectivity index (χ0v) is 14.1. The van der Waals surface area contributed by atoms with Gasteiger partial charge in [-0.15, -0.1) is 11.3 Å². The molecule has 0 bridgehead atoms. The van der Waals surface area contributed by atoms with E-state index >= 15 is 0 Å². The van der Waals surface area contributed by atoms with Crippen molar-refractivity contribution in [3.63, 3.8) is 0 Å². The van der Waals surface area contributed by atoms with Crippen LogP contribution in [0, 0.1) is 0 Å². The molecule has 120 valence electrons. The number of nitrogens with zero attached hydrogens (tertiary/aromatic N) is 2. The first-order chi connectivity index (χ1) is 11.1. The number of esters is 1. The molecule has 0 radical (unpaired) electrons. The standard InChI is InChI=1S/C16H16ClN3O2S/c1-22-15(21)13(18)6-10-8-20(9-11-7-19-16(17)23-11)14-5-3-2-4-12(10)14/h2-5,7-8,13H,6,9,18H2,1H3. The van der Waals surface area contributed by atoms with Crippen molar-refractivity contribution in [1.29, 1.82) is 0 Å². The van der Waals surface area contributed by atoms with Crippen molar-refractivity contribution in [2.75, 3.05) is 7.11 Å². The number of hydrogen-bond acceptors (Lipinski definition) is 5. The molecule has 0 amide bonds. The number of aromatic nitrogens is 2. The second kappa shape index (κ2) is 6.70. The van der Waals surface area contributed by atoms with Crippen LogP contribution in [0.3, 0.4) is 0 Å². The molecule has 23 heavy (non-hydrogen) atoms. The Bertz CT molecular complexity index is 843. The highest BCUT2D eigenvalue weighted by Crippen LogP contribution is 2.25. The van der Waals surface area contributed by atoms with Crippen molar-refractivity contribution in [2.45, 2.75) is 19.0 Å². The molecule has 0 spiro atoms. The molecule has 1 unspecified atom stereocenters. The number of methoxy groups -OCH3 is 1. The van der Waals surface area contributed by atoms with Crippen molar-refractivity contribution in [2.24, 2.45) is 5.73 Å². The van der Waals surface area contributed by atoms with Crippen molar-refractivity contribution >= 4 is 39.8 Å². The third-order valence-corrected chi connectivity index (χ3v) is 4.77. The fourth-order valence-corrected chi connectivity index (χ4v) is 3.59. The normalized spacial score (nSPS) is 12.5. The Balaban J connectivity index is 1.94. The Hall–Kier alpha value is -1.89. The van der Waals surface area contributed by atoms with E-state index in [4.69, 9.17) is 22.1 Å². The van der Waals surface area contributed by atoms with Gasteiger partial charge in [-0.3, -0.25) is 4.79 Å². The summed E-state index contributed by atoms with van der Waals surface area (Å²) in [6.45, 7) is 0.679. The lowest BCUT2D eigenvalue weighted by Crippen LogP contribution is -2.33. The van der Waals surface area contributed by atoms with Crippen LogP contribution >= 0.6 is 22.9 Å². The minimum atomic E-state index is -0.669. The number of hydrogen-bond donors (Lipinski definition) is 1. The summed E-state index contributed by atoms with van der Waals surface area (Å²) in [5.41, 5.74) is 8.02. The number of ether oxygens (including phenoxy) is 1. The lowest BCUT2D eigenvalue weighted by molar-refractivity contribution is -0.142. The number of para-hydroxylation sites is 1. The molecule has 0 fully saturated rings. The van der Waals surface area contributed by atoms with Gasteiger partial charge in [0.15, 0.2) is 4.47 Å². The summed E-state index contributed by atoms with van der Waals surface area (Å²) in [7, 11) is 1.35. The number of nitrogens with two attached hydrogens (primary N) is 1. The van der Waals surface area contributed by atoms with E-state index in [0.29, 0.717) is 17.4 Å². The van der Waals surface area contributed by atoms with Gasteiger partial charge in [0.25, 0.3) is 0 Å². The van der Waals surface area contributed by atoms with E-state index in [0.717, 1.165) is 21.3 Å². The number of benzene rings is 1. The maximum Gasteiger partial charge on any atom is 0.322 e. The average molecular weight is 350 g/mol. The first-order valence-electron chi connectivity index (χ1n) is 7.09. The van der Waals surface area contributed by atoms with Gasteiger partial charge in [-0.25, -0.2) is 4.98 Å². The summed E-state index contributed by atoms with van der Waals surface area (Å²) in [5.74, 6) is -0.406. The molecule has 5 nitrogen and oxygen atoms in total. The highest BCUT2D eigenvalue weighted by Gasteiger charge is 2.18. The molecule has 3 rings (SSSR count). The second-order valence-electron chi connectivity index (χ2n) is 5.21. The Morgan fingerprint density at radius 3 is 2.96 bits per heavy atom. The van der Waals surface area contributed by atoms with E-state index in [1.807, 2.05) is 30.5 Å². The molecule has 0 saturated heterocycles. The van der Waals surface area contributed by atoms with Crippen LogP contribution in [0.1, 0.15) is 10.4 Å². The van der Waals surface area contributed by atoms with E-state index < -0.39 is 12.0 Å². The number of thiazole rings is 1. The highest BCUT2D eigenvalue weighted by molar-refractivity contribution is 7.15. The fraction of sp³-hybridized carbons (Fsp3) is 0.250. The summed E-state index contributed by atoms with van der Waals surface area (Å²) in [6, 6.07) is 7.37. The second-order valence-corrected chi connectivity index (χ2v) is 6.91. The molecule has 7 heteroatoms. The molecule has 1 aromatic carbocycles. The van der Waals surface area contributed by atoms with E-state index in [2.05, 4.69) is 9.55 Å². The quantitative estimate of drug-likeness (QED) is 0.719. The van der Waals surface area contributed by atoms with Crippen molar-refractivity contribution in [1.82, 2.24) is 9.55 Å². The highest BCUT2D eigenvalue weighted by atomic mass is 35.5. The van der Waals surface area contributed by atoms with E-state index in [9.17, 15) is 4.79 Å². The average Bonchev–Trinajstić information content (AvgIpc) is 3.11. The maximum atomic E-state index is 11.6. The number of halogens is 1. The largest absolute Gasteiger partial charge is 0.468 e. The van der Waals surface area contributed by atoms with Crippen LogP contribution in [0.2, 0.25) is 4.47 Å². The van der Waals surface area contributed by atoms with Crippen LogP contribution in [0.4, 0.5) is 0 Å². The van der Waals surface area contributed by atoms with E-state index in [1.54, 1.807) is 6.20 Å². The van der Waals surface area contributed by atoms with Crippen LogP contribution in [0.25, 0.3) is 10.9 Å². The predicted octanol–water partition coefficient (Wildman–Crippen LogP) is 2.84. The predicted molar refractivity (Wildman–Crippen MR) is 91.9 cm³/mol. The van der Waals surface area contributed by atoms with Gasteiger partial charge < -0.3 is 15.0 Å². The van der Waals surface area contributed by atoms with Crippen molar-refractivity contribution in [3.05, 3.63) is 51.6 Å². The fourth-order valence-electron chi connectivity index (χ4n) is 2.61. The maximum absolute atomic E-state index is 11.6. The summed E-state index contributed by atoms with van der Waals surface area (Å²) in [6.07, 6.45) is 4.24. The van der Waals surface area contributed by atoms with Gasteiger partial charge in [0, 0.05) is 34.6 Å². The van der Waals surface area contributed by atoms with E-state index in [1.165, 1.54) is 18.4 Å². The number of carbonyl (C=O) groups is 1. The van der Waals surface area contributed by atoms with Gasteiger partial charge in [0.2, 0.25) is 0 Å². The summed E-state index contributed by atoms with van der Waals surface area (Å²) in [5, 5.41) is 1.09. The van der Waals surface area contributed by atoms with Gasteiger partial charge in [0.1, 0.15) is 6.04 Å². The molecule has 2 aromatic heterocycles. The number of carbonyl (C=O) groups excluding carboxylic acids is 1. The van der Waals surface area contributed by atoms with Crippen LogP contribution in [0.15, 0.2) is 36.7 Å². The molecule has 2 heterocycles. The molecule has 0 aliphatic heterocycles. The SMILES string of the molecule is COC(=O)C(N)Cc1cn(Cc2cnc(Cl)s2)c2ccccc12. The van der Waals surface area contributed by atoms with E-state index in [-0.39, 0.29) is 0 Å². The molecular weight excluding hydrogens is 334 g/mol. The smallest absolute Gasteiger partial charge is 0.322 e. The molecule has 0 saturated carbocycles. The first-order valence-corrected chi connectivity index (χ1v) is 8.28. The zero-order valence-electron chi connectivity index (χ0n) is 12.5. The van der Waals surface area contributed by atoms with Crippen LogP contribution in [-0.2, 0) is 22.5 Å². The van der Waals surface area contributed by atoms with Crippen molar-refractivity contribution in [3.8, 4) is 0 Å². The number of fused-ring (bicyclic) bond motifs is 1. The van der Waals surface area contributed by atoms with Gasteiger partial charge in [-0.05, 0) is 11.6 Å². The Labute approximate surface area is 142 Å². The molecule has 0 aliphatic carbocycles. The molecule has 3 aromatic rings. The molecular formula is C16H16ClN3O2S. The van der Waals surface area contributed by atoms with Crippen LogP contribution in [-0.4, -0.2) is 28.7 Å². The lowest BCUT2D eigenvalue weighted by atomic mass is 10.1. The molecule has 1 atom stereocenters. The third kappa shape index (κ3) is 3.39. The zero-order chi connectivity index (χ0) is 16.4. The van der Waals surface area contributed by atoms with Gasteiger partial charge >= 0.3 is 5.97 Å². The summed E-state index contributed by atoms with van der Waals surface area (Å²) >= 11 is 7.36. The first kappa shape index (κ1) is 16.0. The summed E-state index contributed by atoms with van der Waals surface area (Å²) in [4.78, 5) is 16.7. The minimum Gasteiger partial charge on any atom is -0.468 e. The monoisotopic (exact) mass is 349 g/mol. The van der Waals surface area contributed by atoms with Crippen molar-refractivity contribution < 1.29 is 9.53 Å². The Morgan fingerprint density at radius 1 is 1.48 bits per heavy atom. The lowest BCUT2D eigenvalue weighted by Gasteiger charge is -2.07. The van der Waals surface area contributed by atoms with Crippen LogP contribution in [0.5, 0.6) is 0 Å². The van der Waals surface area contributed by atoms with Crippen LogP contribution < -0.4 is 5.73 Å². The topological polar surface area (TPSA) is 70.1 Å². The Morgan fingerprint density at radius 2 is 2.26 bits per heavy atom. The van der Waals surface area contributed by atoms with Gasteiger partial charge in [-0.2, -0.15) is 0 Å². The minimum absolute atomic E-state index is 0.406. The van der Waals surface area contributed by atoms with Gasteiger partial charge in [0.05, 0.1) is 13.7 Å². The third-order valence-electron chi connectivity index (χ3n) is 3.67. The van der Waals surface area contributed by atoms with Gasteiger partial charge in [-0.1, -0.05) is 29.8 Å². The number of rotatable bonds is 5. The molecule has 0 aliphatic rings. The summed E-state index contributed by atoms with van der Waals surface area (Å²) < 4.78 is 7.36. The Kier molecular flexibility index (Phi) is 4.66. The molecule has 2 N–H and O–H groups in total.